The maximum Gasteiger partial charge on any atom is 0.241 e. The second-order valence-corrected chi connectivity index (χ2v) is 9.93. The van der Waals surface area contributed by atoms with Gasteiger partial charge in [-0.3, -0.25) is 0 Å². The number of nitrogens with one attached hydrogen (secondary N) is 2. The monoisotopic (exact) mass is 443 g/mol. The van der Waals surface area contributed by atoms with E-state index in [-0.39, 0.29) is 4.90 Å². The number of hydrogen-bond acceptors (Lipinski definition) is 4. The highest BCUT2D eigenvalue weighted by atomic mass is 32.2. The molecular weight excluding hydrogens is 418 g/mol. The van der Waals surface area contributed by atoms with Gasteiger partial charge in [0, 0.05) is 22.4 Å². The fourth-order valence-corrected chi connectivity index (χ4v) is 4.80. The molecule has 0 saturated heterocycles. The zero-order chi connectivity index (χ0) is 23.2. The third kappa shape index (κ3) is 6.21. The smallest absolute Gasteiger partial charge is 0.241 e. The standard InChI is InChI=1S/C26H25N3O2S/c1-26(2,3)29-32(30,31)25-18-20(14-15-24(25)22-11-5-4-6-12-22)10-8-16-28-23-13-7-9-21(17-23)19-27/h4-7,9,11-15,17-18,28-29H,16H2,1-3H3. The molecule has 0 saturated carbocycles. The zero-order valence-electron chi connectivity index (χ0n) is 18.3. The van der Waals surface area contributed by atoms with Crippen LogP contribution in [0, 0.1) is 23.2 Å². The highest BCUT2D eigenvalue weighted by Crippen LogP contribution is 2.29. The summed E-state index contributed by atoms with van der Waals surface area (Å²) < 4.78 is 29.1. The zero-order valence-corrected chi connectivity index (χ0v) is 19.1. The number of nitrogens with zero attached hydrogens (tertiary/aromatic N) is 1. The van der Waals surface area contributed by atoms with Crippen LogP contribution in [-0.4, -0.2) is 20.5 Å². The Balaban J connectivity index is 1.90. The lowest BCUT2D eigenvalue weighted by Crippen LogP contribution is -2.40. The Hall–Kier alpha value is -3.58. The first-order valence-corrected chi connectivity index (χ1v) is 11.6. The van der Waals surface area contributed by atoms with Crippen molar-refractivity contribution >= 4 is 15.7 Å². The molecule has 0 aromatic heterocycles. The molecule has 0 bridgehead atoms. The van der Waals surface area contributed by atoms with Crippen LogP contribution in [0.3, 0.4) is 0 Å². The molecule has 0 heterocycles. The molecule has 0 aliphatic rings. The second-order valence-electron chi connectivity index (χ2n) is 8.28. The second kappa shape index (κ2) is 9.70. The van der Waals surface area contributed by atoms with Crippen LogP contribution in [-0.2, 0) is 10.0 Å². The molecule has 0 aliphatic heterocycles. The van der Waals surface area contributed by atoms with Gasteiger partial charge in [-0.25, -0.2) is 13.1 Å². The Labute approximate surface area is 190 Å². The SMILES string of the molecule is CC(C)(C)NS(=O)(=O)c1cc(C#CCNc2cccc(C#N)c2)ccc1-c1ccccc1. The molecule has 0 aliphatic carbocycles. The van der Waals surface area contributed by atoms with Crippen LogP contribution in [0.4, 0.5) is 5.69 Å². The first-order valence-electron chi connectivity index (χ1n) is 10.1. The van der Waals surface area contributed by atoms with Crippen molar-refractivity contribution in [2.75, 3.05) is 11.9 Å². The normalized spacial score (nSPS) is 11.2. The number of anilines is 1. The number of sulfonamides is 1. The summed E-state index contributed by atoms with van der Waals surface area (Å²) in [6, 6.07) is 23.9. The predicted molar refractivity (Wildman–Crippen MR) is 128 cm³/mol. The van der Waals surface area contributed by atoms with E-state index in [1.54, 1.807) is 30.3 Å². The average molecular weight is 444 g/mol. The van der Waals surface area contributed by atoms with E-state index in [1.807, 2.05) is 63.2 Å². The Kier molecular flexibility index (Phi) is 7.00. The van der Waals surface area contributed by atoms with Gasteiger partial charge in [0.2, 0.25) is 10.0 Å². The molecule has 3 rings (SSSR count). The van der Waals surface area contributed by atoms with Crippen LogP contribution >= 0.6 is 0 Å². The highest BCUT2D eigenvalue weighted by molar-refractivity contribution is 7.89. The topological polar surface area (TPSA) is 82.0 Å². The first-order chi connectivity index (χ1) is 15.2. The average Bonchev–Trinajstić information content (AvgIpc) is 2.76. The van der Waals surface area contributed by atoms with Crippen LogP contribution in [0.15, 0.2) is 77.7 Å². The fourth-order valence-electron chi connectivity index (χ4n) is 3.13. The van der Waals surface area contributed by atoms with Crippen molar-refractivity contribution in [1.82, 2.24) is 4.72 Å². The van der Waals surface area contributed by atoms with Gasteiger partial charge < -0.3 is 5.32 Å². The molecule has 0 spiro atoms. The Morgan fingerprint density at radius 2 is 1.66 bits per heavy atom. The van der Waals surface area contributed by atoms with E-state index in [9.17, 15) is 8.42 Å². The van der Waals surface area contributed by atoms with E-state index in [1.165, 1.54) is 0 Å². The largest absolute Gasteiger partial charge is 0.374 e. The van der Waals surface area contributed by atoms with Crippen molar-refractivity contribution < 1.29 is 8.42 Å². The number of nitriles is 1. The third-order valence-corrected chi connectivity index (χ3v) is 6.20. The number of benzene rings is 3. The molecular formula is C26H25N3O2S. The fraction of sp³-hybridized carbons (Fsp3) is 0.192. The van der Waals surface area contributed by atoms with Crippen molar-refractivity contribution in [3.8, 4) is 29.0 Å². The lowest BCUT2D eigenvalue weighted by atomic mass is 10.0. The highest BCUT2D eigenvalue weighted by Gasteiger charge is 2.25. The molecule has 0 amide bonds. The minimum Gasteiger partial charge on any atom is -0.374 e. The van der Waals surface area contributed by atoms with Gasteiger partial charge in [0.15, 0.2) is 0 Å². The van der Waals surface area contributed by atoms with E-state index in [0.29, 0.717) is 23.2 Å². The van der Waals surface area contributed by atoms with Crippen molar-refractivity contribution in [1.29, 1.82) is 5.26 Å². The minimum absolute atomic E-state index is 0.195. The van der Waals surface area contributed by atoms with Gasteiger partial charge in [-0.2, -0.15) is 5.26 Å². The molecule has 162 valence electrons. The Morgan fingerprint density at radius 3 is 2.34 bits per heavy atom. The van der Waals surface area contributed by atoms with Crippen LogP contribution in [0.1, 0.15) is 31.9 Å². The molecule has 3 aromatic rings. The van der Waals surface area contributed by atoms with Gasteiger partial charge in [0.05, 0.1) is 23.1 Å². The molecule has 0 radical (unpaired) electrons. The van der Waals surface area contributed by atoms with E-state index < -0.39 is 15.6 Å². The molecule has 6 heteroatoms. The van der Waals surface area contributed by atoms with Crippen molar-refractivity contribution in [2.45, 2.75) is 31.2 Å². The summed E-state index contributed by atoms with van der Waals surface area (Å²) in [5.41, 5.74) is 2.80. The molecule has 5 nitrogen and oxygen atoms in total. The van der Waals surface area contributed by atoms with Crippen molar-refractivity contribution in [3.05, 3.63) is 83.9 Å². The van der Waals surface area contributed by atoms with Crippen LogP contribution < -0.4 is 10.0 Å². The maximum absolute atomic E-state index is 13.2. The van der Waals surface area contributed by atoms with Crippen molar-refractivity contribution in [2.24, 2.45) is 0 Å². The van der Waals surface area contributed by atoms with Gasteiger partial charge in [0.25, 0.3) is 0 Å². The number of rotatable bonds is 5. The van der Waals surface area contributed by atoms with Crippen LogP contribution in [0.2, 0.25) is 0 Å². The lowest BCUT2D eigenvalue weighted by Gasteiger charge is -2.22. The summed E-state index contributed by atoms with van der Waals surface area (Å²) in [6.45, 7) is 5.79. The minimum atomic E-state index is -3.76. The van der Waals surface area contributed by atoms with E-state index in [2.05, 4.69) is 27.9 Å². The van der Waals surface area contributed by atoms with Crippen LogP contribution in [0.5, 0.6) is 0 Å². The summed E-state index contributed by atoms with van der Waals surface area (Å²) in [4.78, 5) is 0.195. The maximum atomic E-state index is 13.2. The van der Waals surface area contributed by atoms with Crippen LogP contribution in [0.25, 0.3) is 11.1 Å². The molecule has 32 heavy (non-hydrogen) atoms. The molecule has 3 aromatic carbocycles. The third-order valence-electron chi connectivity index (χ3n) is 4.40. The van der Waals surface area contributed by atoms with E-state index in [0.717, 1.165) is 11.3 Å². The molecule has 2 N–H and O–H groups in total. The summed E-state index contributed by atoms with van der Waals surface area (Å²) in [5, 5.41) is 12.1. The van der Waals surface area contributed by atoms with E-state index >= 15 is 0 Å². The summed E-state index contributed by atoms with van der Waals surface area (Å²) >= 11 is 0. The summed E-state index contributed by atoms with van der Waals surface area (Å²) in [6.07, 6.45) is 0. The summed E-state index contributed by atoms with van der Waals surface area (Å²) in [7, 11) is -3.76. The quantitative estimate of drug-likeness (QED) is 0.557. The van der Waals surface area contributed by atoms with Crippen molar-refractivity contribution in [3.63, 3.8) is 0 Å². The Bertz CT molecular complexity index is 1310. The van der Waals surface area contributed by atoms with Gasteiger partial charge in [0.1, 0.15) is 0 Å². The van der Waals surface area contributed by atoms with Gasteiger partial charge in [-0.1, -0.05) is 54.3 Å². The predicted octanol–water partition coefficient (Wildman–Crippen LogP) is 4.77. The lowest BCUT2D eigenvalue weighted by molar-refractivity contribution is 0.491. The van der Waals surface area contributed by atoms with Gasteiger partial charge in [-0.15, -0.1) is 0 Å². The van der Waals surface area contributed by atoms with Gasteiger partial charge >= 0.3 is 0 Å². The molecule has 0 atom stereocenters. The Morgan fingerprint density at radius 1 is 0.906 bits per heavy atom. The molecule has 0 fully saturated rings. The first kappa shape index (κ1) is 23.1. The van der Waals surface area contributed by atoms with Gasteiger partial charge in [-0.05, 0) is 56.7 Å². The summed E-state index contributed by atoms with van der Waals surface area (Å²) in [5.74, 6) is 6.04. The molecule has 0 unspecified atom stereocenters. The van der Waals surface area contributed by atoms with E-state index in [4.69, 9.17) is 5.26 Å². The number of hydrogen-bond donors (Lipinski definition) is 2.